The number of halogens is 2. The first kappa shape index (κ1) is 25.9. The molecule has 4 heteroatoms. The van der Waals surface area contributed by atoms with Gasteiger partial charge in [0.15, 0.2) is 0 Å². The topological polar surface area (TPSA) is 0 Å². The fourth-order valence-corrected chi connectivity index (χ4v) is 23.6. The Morgan fingerprint density at radius 3 is 1.50 bits per heavy atom. The van der Waals surface area contributed by atoms with E-state index in [1.165, 1.54) is 51.4 Å². The van der Waals surface area contributed by atoms with Crippen LogP contribution in [0.2, 0.25) is 13.1 Å². The summed E-state index contributed by atoms with van der Waals surface area (Å²) in [6.07, 6.45) is 16.0. The molecule has 0 aromatic carbocycles. The Balaban J connectivity index is 0.00000312. The minimum Gasteiger partial charge on any atom is -1.00 e. The minimum absolute atomic E-state index is 0. The summed E-state index contributed by atoms with van der Waals surface area (Å²) in [7, 11) is 0. The van der Waals surface area contributed by atoms with Crippen molar-refractivity contribution in [2.75, 3.05) is 0 Å². The summed E-state index contributed by atoms with van der Waals surface area (Å²) in [4.78, 5) is 0. The van der Waals surface area contributed by atoms with E-state index in [4.69, 9.17) is 0 Å². The largest absolute Gasteiger partial charge is 1.00 e. The van der Waals surface area contributed by atoms with E-state index in [9.17, 15) is 0 Å². The Morgan fingerprint density at radius 2 is 1.19 bits per heavy atom. The second kappa shape index (κ2) is 12.4. The molecule has 0 saturated carbocycles. The van der Waals surface area contributed by atoms with Crippen molar-refractivity contribution in [3.05, 3.63) is 41.0 Å². The summed E-state index contributed by atoms with van der Waals surface area (Å²) >= 11 is -1.62. The fourth-order valence-electron chi connectivity index (χ4n) is 4.14. The minimum atomic E-state index is -1.62. The van der Waals surface area contributed by atoms with Crippen molar-refractivity contribution >= 4 is 5.92 Å². The normalized spacial score (nSPS) is 16.6. The molecule has 0 bridgehead atoms. The van der Waals surface area contributed by atoms with Gasteiger partial charge in [0.25, 0.3) is 0 Å². The summed E-state index contributed by atoms with van der Waals surface area (Å²) in [6.45, 7) is 14.8. The van der Waals surface area contributed by atoms with E-state index in [0.29, 0.717) is 0 Å². The molecule has 0 N–H and O–H groups in total. The summed E-state index contributed by atoms with van der Waals surface area (Å²) < 4.78 is 3.79. The molecule has 0 aromatic rings. The first-order chi connectivity index (χ1) is 11.5. The van der Waals surface area contributed by atoms with E-state index in [1.54, 1.807) is 22.3 Å². The number of hydrogen-bond donors (Lipinski definition) is 0. The smallest absolute Gasteiger partial charge is 1.00 e. The van der Waals surface area contributed by atoms with Gasteiger partial charge in [0, 0.05) is 0 Å². The number of allylic oxidation sites excluding steroid dienone is 8. The van der Waals surface area contributed by atoms with E-state index in [1.807, 2.05) is 6.56 Å². The summed E-state index contributed by atoms with van der Waals surface area (Å²) in [6, 6.07) is 0. The molecule has 0 radical (unpaired) electrons. The van der Waals surface area contributed by atoms with E-state index in [-0.39, 0.29) is 9.41 Å². The molecule has 2 aliphatic rings. The first-order valence-corrected chi connectivity index (χ1v) is 19.7. The number of rotatable bonds is 9. The zero-order chi connectivity index (χ0) is 17.7. The predicted octanol–water partition coefficient (Wildman–Crippen LogP) is 1.18. The molecule has 0 spiro atoms. The van der Waals surface area contributed by atoms with Crippen LogP contribution in [-0.2, 0) is 20.9 Å². The van der Waals surface area contributed by atoms with Gasteiger partial charge in [-0.05, 0) is 0 Å². The van der Waals surface area contributed by atoms with Crippen molar-refractivity contribution in [3.8, 4) is 0 Å². The van der Waals surface area contributed by atoms with Crippen molar-refractivity contribution in [2.45, 2.75) is 92.2 Å². The van der Waals surface area contributed by atoms with Gasteiger partial charge in [-0.15, -0.1) is 0 Å². The molecule has 0 atom stereocenters. The van der Waals surface area contributed by atoms with E-state index >= 15 is 0 Å². The van der Waals surface area contributed by atoms with Gasteiger partial charge in [0.1, 0.15) is 0 Å². The molecule has 2 rings (SSSR count). The van der Waals surface area contributed by atoms with Gasteiger partial charge in [-0.2, -0.15) is 0 Å². The summed E-state index contributed by atoms with van der Waals surface area (Å²) in [5.74, 6) is -0.586. The average Bonchev–Trinajstić information content (AvgIpc) is 3.07. The molecule has 26 heavy (non-hydrogen) atoms. The number of unbranched alkanes of at least 4 members (excludes halogenated alkanes) is 2. The predicted molar refractivity (Wildman–Crippen MR) is 109 cm³/mol. The monoisotopic (exact) mass is 457 g/mol. The van der Waals surface area contributed by atoms with E-state index in [2.05, 4.69) is 52.9 Å². The van der Waals surface area contributed by atoms with Gasteiger partial charge < -0.3 is 9.41 Å². The summed E-state index contributed by atoms with van der Waals surface area (Å²) in [5.41, 5.74) is 6.96. The maximum atomic E-state index is 2.69. The van der Waals surface area contributed by atoms with Gasteiger partial charge in [-0.1, -0.05) is 0 Å². The van der Waals surface area contributed by atoms with Crippen LogP contribution >= 0.6 is 0 Å². The van der Waals surface area contributed by atoms with Gasteiger partial charge in [0.05, 0.1) is 0 Å². The van der Waals surface area contributed by atoms with Crippen molar-refractivity contribution in [1.82, 2.24) is 0 Å². The van der Waals surface area contributed by atoms with E-state index in [0.717, 1.165) is 0 Å². The van der Waals surface area contributed by atoms with Gasteiger partial charge in [0.2, 0.25) is 0 Å². The van der Waals surface area contributed by atoms with Crippen molar-refractivity contribution < 1.29 is 30.3 Å². The van der Waals surface area contributed by atoms with Crippen LogP contribution in [0.3, 0.4) is 0 Å². The molecule has 0 unspecified atom stereocenters. The molecule has 2 aliphatic carbocycles. The Hall–Kier alpha value is -0.0800. The van der Waals surface area contributed by atoms with Gasteiger partial charge in [-0.25, -0.2) is 0 Å². The second-order valence-electron chi connectivity index (χ2n) is 8.12. The molecule has 0 fully saturated rings. The van der Waals surface area contributed by atoms with Crippen molar-refractivity contribution in [2.24, 2.45) is 0 Å². The van der Waals surface area contributed by atoms with E-state index < -0.39 is 26.8 Å². The third kappa shape index (κ3) is 6.51. The molecule has 0 amide bonds. The van der Waals surface area contributed by atoms with Gasteiger partial charge >= 0.3 is 160 Å². The summed E-state index contributed by atoms with van der Waals surface area (Å²) in [5, 5.41) is 0. The Morgan fingerprint density at radius 1 is 0.808 bits per heavy atom. The Labute approximate surface area is 168 Å². The van der Waals surface area contributed by atoms with Crippen LogP contribution in [0.1, 0.15) is 79.1 Å². The van der Waals surface area contributed by atoms with Crippen LogP contribution in [0.4, 0.5) is 0 Å². The molecule has 0 aromatic heterocycles. The maximum absolute atomic E-state index is 2.69. The van der Waals surface area contributed by atoms with Crippen LogP contribution in [0.5, 0.6) is 0 Å². The molecule has 147 valence electrons. The molecular weight excluding hydrogens is 422 g/mol. The maximum Gasteiger partial charge on any atom is -1.00 e. The Bertz CT molecular complexity index is 537. The number of hydrogen-bond acceptors (Lipinski definition) is 0. The van der Waals surface area contributed by atoms with Gasteiger partial charge in [-0.3, -0.25) is 0 Å². The quantitative estimate of drug-likeness (QED) is 0.455. The van der Waals surface area contributed by atoms with Crippen LogP contribution in [-0.4, -0.2) is 5.92 Å². The molecule has 0 heterocycles. The third-order valence-electron chi connectivity index (χ3n) is 5.46. The molecular formula is C22H37F2SiZr. The van der Waals surface area contributed by atoms with Crippen molar-refractivity contribution in [1.29, 1.82) is 0 Å². The zero-order valence-electron chi connectivity index (χ0n) is 17.6. The average molecular weight is 459 g/mol. The second-order valence-corrected chi connectivity index (χ2v) is 27.0. The fraction of sp³-hybridized carbons (Fsp3) is 0.636. The van der Waals surface area contributed by atoms with Crippen LogP contribution < -0.4 is 9.41 Å². The first-order valence-electron chi connectivity index (χ1n) is 10.1. The SMILES string of the molecule is CCCCC1=C[C]([Zr+2]([C]2=C(C)CC(CCCC)=C2)[SiH](C)C)=C(C)C1.[F-].[F-]. The molecule has 0 aliphatic heterocycles. The van der Waals surface area contributed by atoms with Crippen LogP contribution in [0, 0.1) is 0 Å². The third-order valence-corrected chi connectivity index (χ3v) is 24.5. The Kier molecular flexibility index (Phi) is 12.4. The molecule has 0 nitrogen and oxygen atoms in total. The van der Waals surface area contributed by atoms with Crippen LogP contribution in [0.15, 0.2) is 41.0 Å². The van der Waals surface area contributed by atoms with Crippen LogP contribution in [0.25, 0.3) is 0 Å². The van der Waals surface area contributed by atoms with Crippen molar-refractivity contribution in [3.63, 3.8) is 0 Å². The standard InChI is InChI=1S/2C10H15.C2H7Si.2FH.Zr/c2*1-3-4-5-10-7-6-9(2)8-10;1-3-2;;;/h2*7H,3-5,8H2,1-2H3;3H,1-2H3;2*1H;/q;;;;;+2/p-2. The molecule has 0 saturated heterocycles. The zero-order valence-corrected chi connectivity index (χ0v) is 21.3.